The summed E-state index contributed by atoms with van der Waals surface area (Å²) in [4.78, 5) is 34.3. The molecule has 2 N–H and O–H groups in total. The third-order valence-corrected chi connectivity index (χ3v) is 7.46. The summed E-state index contributed by atoms with van der Waals surface area (Å²) in [5.41, 5.74) is 10.6. The number of carbonyl (C=O) groups excluding carboxylic acids is 2. The smallest absolute Gasteiger partial charge is 0.270 e. The van der Waals surface area contributed by atoms with Gasteiger partial charge < -0.3 is 20.3 Å². The lowest BCUT2D eigenvalue weighted by Gasteiger charge is -2.35. The highest BCUT2D eigenvalue weighted by Crippen LogP contribution is 2.31. The van der Waals surface area contributed by atoms with Crippen LogP contribution < -0.4 is 5.73 Å². The van der Waals surface area contributed by atoms with Crippen LogP contribution in [-0.2, 0) is 14.3 Å². The number of nitrogens with zero attached hydrogens (tertiary/aromatic N) is 3. The Bertz CT molecular complexity index is 999. The first-order valence-corrected chi connectivity index (χ1v) is 13.1. The van der Waals surface area contributed by atoms with Gasteiger partial charge in [-0.1, -0.05) is 17.7 Å². The van der Waals surface area contributed by atoms with Crippen molar-refractivity contribution in [2.24, 2.45) is 10.7 Å². The van der Waals surface area contributed by atoms with Crippen molar-refractivity contribution < 1.29 is 14.3 Å². The number of hydrogen-bond acceptors (Lipinski definition) is 5. The molecular formula is C27H37ClN4O3. The summed E-state index contributed by atoms with van der Waals surface area (Å²) >= 11 is 6.24. The van der Waals surface area contributed by atoms with Gasteiger partial charge in [0.05, 0.1) is 12.2 Å². The van der Waals surface area contributed by atoms with Crippen molar-refractivity contribution in [2.75, 3.05) is 32.7 Å². The first kappa shape index (κ1) is 25.7. The second-order valence-electron chi connectivity index (χ2n) is 10.2. The fourth-order valence-corrected chi connectivity index (χ4v) is 5.86. The molecule has 2 heterocycles. The van der Waals surface area contributed by atoms with E-state index >= 15 is 0 Å². The molecule has 1 aliphatic carbocycles. The van der Waals surface area contributed by atoms with Crippen LogP contribution in [0.25, 0.3) is 0 Å². The van der Waals surface area contributed by atoms with Crippen molar-refractivity contribution in [3.05, 3.63) is 45.6 Å². The maximum absolute atomic E-state index is 13.0. The summed E-state index contributed by atoms with van der Waals surface area (Å²) in [6.07, 6.45) is 4.20. The van der Waals surface area contributed by atoms with E-state index in [-0.39, 0.29) is 36.3 Å². The lowest BCUT2D eigenvalue weighted by Crippen LogP contribution is -2.49. The molecule has 0 bridgehead atoms. The summed E-state index contributed by atoms with van der Waals surface area (Å²) in [5.74, 6) is 0.301. The first-order chi connectivity index (χ1) is 16.7. The Balaban J connectivity index is 1.35. The van der Waals surface area contributed by atoms with Gasteiger partial charge in [-0.3, -0.25) is 14.6 Å². The molecule has 2 saturated heterocycles. The van der Waals surface area contributed by atoms with Crippen molar-refractivity contribution in [3.63, 3.8) is 0 Å². The average molecular weight is 501 g/mol. The number of morpholine rings is 1. The monoisotopic (exact) mass is 500 g/mol. The Kier molecular flexibility index (Phi) is 8.17. The predicted octanol–water partition coefficient (Wildman–Crippen LogP) is 3.83. The van der Waals surface area contributed by atoms with E-state index in [2.05, 4.69) is 18.0 Å². The molecule has 2 amide bonds. The summed E-state index contributed by atoms with van der Waals surface area (Å²) in [6, 6.07) is 6.20. The predicted molar refractivity (Wildman–Crippen MR) is 139 cm³/mol. The summed E-state index contributed by atoms with van der Waals surface area (Å²) in [5, 5.41) is 0.769. The van der Waals surface area contributed by atoms with Crippen LogP contribution >= 0.6 is 11.6 Å². The number of halogens is 1. The van der Waals surface area contributed by atoms with Gasteiger partial charge in [-0.15, -0.1) is 0 Å². The van der Waals surface area contributed by atoms with Crippen LogP contribution in [0.4, 0.5) is 0 Å². The third-order valence-electron chi connectivity index (χ3n) is 7.24. The average Bonchev–Trinajstić information content (AvgIpc) is 3.29. The number of hydrogen-bond donors (Lipinski definition) is 1. The lowest BCUT2D eigenvalue weighted by atomic mass is 9.88. The molecule has 1 saturated carbocycles. The molecule has 1 aromatic rings. The van der Waals surface area contributed by atoms with Crippen molar-refractivity contribution in [1.82, 2.24) is 9.80 Å². The minimum atomic E-state index is -0.152. The van der Waals surface area contributed by atoms with E-state index in [1.165, 1.54) is 5.56 Å². The van der Waals surface area contributed by atoms with E-state index in [9.17, 15) is 9.59 Å². The molecular weight excluding hydrogens is 464 g/mol. The fourth-order valence-electron chi connectivity index (χ4n) is 5.56. The van der Waals surface area contributed by atoms with E-state index in [0.717, 1.165) is 67.1 Å². The van der Waals surface area contributed by atoms with Crippen LogP contribution in [0.5, 0.6) is 0 Å². The summed E-state index contributed by atoms with van der Waals surface area (Å²) in [7, 11) is 0. The van der Waals surface area contributed by atoms with Crippen LogP contribution in [-0.4, -0.2) is 72.3 Å². The standard InChI is InChI=1S/C27H37ClN4O3/c1-17-11-21(13-22(28)12-17)20-7-9-31(10-8-20)25(33)14-30-24-6-4-5-23(24)26(29)27(34)32-15-18(2)35-19(3)16-32/h11-13,18-20H,4-10,14-16,29H2,1-3H3/b26-23-,30-24?/t18-,19+. The van der Waals surface area contributed by atoms with E-state index < -0.39 is 0 Å². The Morgan fingerprint density at radius 1 is 1.09 bits per heavy atom. The van der Waals surface area contributed by atoms with Gasteiger partial charge in [0.15, 0.2) is 0 Å². The second kappa shape index (κ2) is 11.1. The molecule has 1 aromatic carbocycles. The Hall–Kier alpha value is -2.38. The van der Waals surface area contributed by atoms with Gasteiger partial charge in [-0.05, 0) is 82.1 Å². The number of aryl methyl sites for hydroxylation is 1. The van der Waals surface area contributed by atoms with Gasteiger partial charge in [0, 0.05) is 42.5 Å². The normalized spacial score (nSPS) is 26.3. The van der Waals surface area contributed by atoms with Gasteiger partial charge in [-0.25, -0.2) is 0 Å². The maximum atomic E-state index is 13.0. The lowest BCUT2D eigenvalue weighted by molar-refractivity contribution is -0.139. The summed E-state index contributed by atoms with van der Waals surface area (Å²) in [6.45, 7) is 8.60. The first-order valence-electron chi connectivity index (χ1n) is 12.7. The zero-order chi connectivity index (χ0) is 25.1. The van der Waals surface area contributed by atoms with Crippen LogP contribution in [0, 0.1) is 6.92 Å². The minimum Gasteiger partial charge on any atom is -0.394 e. The Labute approximate surface area is 213 Å². The topological polar surface area (TPSA) is 88.2 Å². The third kappa shape index (κ3) is 6.25. The highest BCUT2D eigenvalue weighted by Gasteiger charge is 2.30. The molecule has 8 heteroatoms. The van der Waals surface area contributed by atoms with E-state index in [1.54, 1.807) is 4.90 Å². The molecule has 0 unspecified atom stereocenters. The number of piperidine rings is 1. The Morgan fingerprint density at radius 2 is 1.77 bits per heavy atom. The fraction of sp³-hybridized carbons (Fsp3) is 0.593. The molecule has 3 aliphatic rings. The summed E-state index contributed by atoms with van der Waals surface area (Å²) < 4.78 is 5.74. The number of ether oxygens (including phenoxy) is 1. The van der Waals surface area contributed by atoms with Crippen molar-refractivity contribution in [1.29, 1.82) is 0 Å². The van der Waals surface area contributed by atoms with Crippen LogP contribution in [0.2, 0.25) is 5.02 Å². The SMILES string of the molecule is Cc1cc(Cl)cc(C2CCN(C(=O)CN=C3CCC/C3=C(/N)C(=O)N3C[C@@H](C)O[C@@H](C)C3)CC2)c1. The molecule has 190 valence electrons. The van der Waals surface area contributed by atoms with Gasteiger partial charge in [0.2, 0.25) is 5.91 Å². The minimum absolute atomic E-state index is 0.0121. The zero-order valence-electron chi connectivity index (χ0n) is 21.1. The number of benzene rings is 1. The molecule has 0 spiro atoms. The second-order valence-corrected chi connectivity index (χ2v) is 10.6. The molecule has 3 fully saturated rings. The van der Waals surface area contributed by atoms with Crippen LogP contribution in [0.15, 0.2) is 34.5 Å². The molecule has 2 aliphatic heterocycles. The van der Waals surface area contributed by atoms with E-state index in [0.29, 0.717) is 19.0 Å². The number of carbonyl (C=O) groups is 2. The van der Waals surface area contributed by atoms with Gasteiger partial charge in [0.1, 0.15) is 12.2 Å². The number of likely N-dealkylation sites (tertiary alicyclic amines) is 1. The van der Waals surface area contributed by atoms with Gasteiger partial charge in [0.25, 0.3) is 5.91 Å². The van der Waals surface area contributed by atoms with Gasteiger partial charge >= 0.3 is 0 Å². The highest BCUT2D eigenvalue weighted by atomic mass is 35.5. The zero-order valence-corrected chi connectivity index (χ0v) is 21.8. The van der Waals surface area contributed by atoms with Crippen molar-refractivity contribution in [3.8, 4) is 0 Å². The number of nitrogens with two attached hydrogens (primary N) is 1. The maximum Gasteiger partial charge on any atom is 0.270 e. The quantitative estimate of drug-likeness (QED) is 0.636. The van der Waals surface area contributed by atoms with Crippen LogP contribution in [0.3, 0.4) is 0 Å². The highest BCUT2D eigenvalue weighted by molar-refractivity contribution is 6.30. The molecule has 0 radical (unpaired) electrons. The van der Waals surface area contributed by atoms with Gasteiger partial charge in [-0.2, -0.15) is 0 Å². The van der Waals surface area contributed by atoms with E-state index in [4.69, 9.17) is 22.1 Å². The largest absolute Gasteiger partial charge is 0.394 e. The molecule has 0 aromatic heterocycles. The molecule has 4 rings (SSSR count). The molecule has 7 nitrogen and oxygen atoms in total. The molecule has 35 heavy (non-hydrogen) atoms. The Morgan fingerprint density at radius 3 is 2.43 bits per heavy atom. The number of rotatable bonds is 4. The number of aliphatic imine (C=N–C) groups is 1. The van der Waals surface area contributed by atoms with Crippen molar-refractivity contribution in [2.45, 2.75) is 71.0 Å². The number of allylic oxidation sites excluding steroid dienone is 1. The van der Waals surface area contributed by atoms with Crippen LogP contribution in [0.1, 0.15) is 63.0 Å². The number of amides is 2. The molecule has 2 atom stereocenters. The van der Waals surface area contributed by atoms with E-state index in [1.807, 2.05) is 30.9 Å². The van der Waals surface area contributed by atoms with Crippen molar-refractivity contribution >= 4 is 29.1 Å².